The van der Waals surface area contributed by atoms with Crippen LogP contribution >= 0.6 is 0 Å². The molecular formula is C19H21NO6S. The molecule has 0 atom stereocenters. The van der Waals surface area contributed by atoms with Crippen LogP contribution in [0.2, 0.25) is 0 Å². The molecule has 2 aromatic rings. The van der Waals surface area contributed by atoms with E-state index in [0.29, 0.717) is 6.42 Å². The summed E-state index contributed by atoms with van der Waals surface area (Å²) in [5, 5.41) is 2.45. The van der Waals surface area contributed by atoms with Gasteiger partial charge in [0.15, 0.2) is 16.4 Å². The van der Waals surface area contributed by atoms with Gasteiger partial charge in [-0.2, -0.15) is 0 Å². The fraction of sp³-hybridized carbons (Fsp3) is 0.263. The highest BCUT2D eigenvalue weighted by atomic mass is 32.2. The number of benzene rings is 2. The number of ether oxygens (including phenoxy) is 2. The lowest BCUT2D eigenvalue weighted by atomic mass is 10.1. The minimum atomic E-state index is -3.49. The van der Waals surface area contributed by atoms with Crippen molar-refractivity contribution in [1.82, 2.24) is 0 Å². The number of aryl methyl sites for hydroxylation is 1. The molecule has 0 aromatic heterocycles. The molecule has 0 radical (unpaired) electrons. The minimum absolute atomic E-state index is 0.00387. The van der Waals surface area contributed by atoms with Crippen molar-refractivity contribution in [3.63, 3.8) is 0 Å². The third kappa shape index (κ3) is 6.41. The molecule has 1 amide bonds. The summed E-state index contributed by atoms with van der Waals surface area (Å²) in [4.78, 5) is 23.7. The zero-order valence-electron chi connectivity index (χ0n) is 15.1. The van der Waals surface area contributed by atoms with Gasteiger partial charge in [-0.15, -0.1) is 0 Å². The molecule has 0 aliphatic rings. The van der Waals surface area contributed by atoms with Crippen molar-refractivity contribution in [3.8, 4) is 5.75 Å². The lowest BCUT2D eigenvalue weighted by Gasteiger charge is -2.10. The first-order valence-corrected chi connectivity index (χ1v) is 10.1. The van der Waals surface area contributed by atoms with Crippen LogP contribution in [0.1, 0.15) is 12.0 Å². The number of carbonyl (C=O) groups is 2. The number of hydrogen-bond acceptors (Lipinski definition) is 6. The monoisotopic (exact) mass is 391 g/mol. The third-order valence-electron chi connectivity index (χ3n) is 3.70. The minimum Gasteiger partial charge on any atom is -0.497 e. The SMILES string of the molecule is COc1ccc(CCC(=O)OCC(=O)Nc2ccccc2S(C)(=O)=O)cc1. The highest BCUT2D eigenvalue weighted by molar-refractivity contribution is 7.90. The molecule has 0 fully saturated rings. The van der Waals surface area contributed by atoms with Crippen molar-refractivity contribution >= 4 is 27.4 Å². The van der Waals surface area contributed by atoms with Gasteiger partial charge in [0.1, 0.15) is 5.75 Å². The van der Waals surface area contributed by atoms with Gasteiger partial charge in [-0.1, -0.05) is 24.3 Å². The van der Waals surface area contributed by atoms with Gasteiger partial charge < -0.3 is 14.8 Å². The van der Waals surface area contributed by atoms with Gasteiger partial charge >= 0.3 is 5.97 Å². The summed E-state index contributed by atoms with van der Waals surface area (Å²) in [6.07, 6.45) is 1.65. The molecule has 1 N–H and O–H groups in total. The first-order chi connectivity index (χ1) is 12.8. The average molecular weight is 391 g/mol. The predicted octanol–water partition coefficient (Wildman–Crippen LogP) is 2.21. The summed E-state index contributed by atoms with van der Waals surface area (Å²) >= 11 is 0. The van der Waals surface area contributed by atoms with E-state index in [1.165, 1.54) is 12.1 Å². The highest BCUT2D eigenvalue weighted by Gasteiger charge is 2.15. The van der Waals surface area contributed by atoms with E-state index in [4.69, 9.17) is 9.47 Å². The van der Waals surface area contributed by atoms with Crippen LogP contribution in [0.15, 0.2) is 53.4 Å². The second-order valence-corrected chi connectivity index (χ2v) is 7.81. The largest absolute Gasteiger partial charge is 0.497 e. The van der Waals surface area contributed by atoms with Gasteiger partial charge in [-0.05, 0) is 36.2 Å². The molecule has 144 valence electrons. The highest BCUT2D eigenvalue weighted by Crippen LogP contribution is 2.20. The van der Waals surface area contributed by atoms with Crippen LogP contribution in [0.25, 0.3) is 0 Å². The molecule has 0 spiro atoms. The van der Waals surface area contributed by atoms with E-state index in [1.807, 2.05) is 12.1 Å². The number of anilines is 1. The van der Waals surface area contributed by atoms with Gasteiger partial charge in [-0.25, -0.2) is 8.42 Å². The van der Waals surface area contributed by atoms with Gasteiger partial charge in [0.25, 0.3) is 5.91 Å². The van der Waals surface area contributed by atoms with Crippen LogP contribution < -0.4 is 10.1 Å². The maximum Gasteiger partial charge on any atom is 0.306 e. The van der Waals surface area contributed by atoms with Crippen molar-refractivity contribution < 1.29 is 27.5 Å². The van der Waals surface area contributed by atoms with Crippen LogP contribution in [0.5, 0.6) is 5.75 Å². The smallest absolute Gasteiger partial charge is 0.306 e. The topological polar surface area (TPSA) is 98.8 Å². The lowest BCUT2D eigenvalue weighted by Crippen LogP contribution is -2.22. The number of amides is 1. The Labute approximate surface area is 158 Å². The fourth-order valence-electron chi connectivity index (χ4n) is 2.34. The Morgan fingerprint density at radius 3 is 2.33 bits per heavy atom. The second kappa shape index (κ2) is 9.18. The molecule has 0 aliphatic heterocycles. The zero-order chi connectivity index (χ0) is 19.9. The normalized spacial score (nSPS) is 10.9. The third-order valence-corrected chi connectivity index (χ3v) is 4.86. The van der Waals surface area contributed by atoms with Crippen molar-refractivity contribution in [2.24, 2.45) is 0 Å². The van der Waals surface area contributed by atoms with E-state index < -0.39 is 28.3 Å². The maximum atomic E-state index is 11.9. The van der Waals surface area contributed by atoms with Gasteiger partial charge in [0, 0.05) is 12.7 Å². The van der Waals surface area contributed by atoms with Crippen molar-refractivity contribution in [3.05, 3.63) is 54.1 Å². The Morgan fingerprint density at radius 1 is 1.04 bits per heavy atom. The lowest BCUT2D eigenvalue weighted by molar-refractivity contribution is -0.147. The zero-order valence-corrected chi connectivity index (χ0v) is 15.9. The van der Waals surface area contributed by atoms with Crippen LogP contribution in [0, 0.1) is 0 Å². The Kier molecular flexibility index (Phi) is 6.95. The van der Waals surface area contributed by atoms with E-state index in [2.05, 4.69) is 5.32 Å². The van der Waals surface area contributed by atoms with E-state index in [9.17, 15) is 18.0 Å². The van der Waals surface area contributed by atoms with Crippen LogP contribution in [-0.4, -0.2) is 40.3 Å². The maximum absolute atomic E-state index is 11.9. The van der Waals surface area contributed by atoms with Crippen LogP contribution in [-0.2, 0) is 30.6 Å². The van der Waals surface area contributed by atoms with E-state index in [-0.39, 0.29) is 17.0 Å². The Balaban J connectivity index is 1.82. The molecule has 0 saturated heterocycles. The number of para-hydroxylation sites is 1. The van der Waals surface area contributed by atoms with Gasteiger partial charge in [0.2, 0.25) is 0 Å². The first kappa shape index (κ1) is 20.4. The Morgan fingerprint density at radius 2 is 1.70 bits per heavy atom. The Bertz CT molecular complexity index is 906. The molecular weight excluding hydrogens is 370 g/mol. The van der Waals surface area contributed by atoms with Crippen LogP contribution in [0.3, 0.4) is 0 Å². The summed E-state index contributed by atoms with van der Waals surface area (Å²) in [7, 11) is -1.91. The molecule has 27 heavy (non-hydrogen) atoms. The summed E-state index contributed by atoms with van der Waals surface area (Å²) < 4.78 is 33.4. The number of methoxy groups -OCH3 is 1. The van der Waals surface area contributed by atoms with Crippen molar-refractivity contribution in [2.45, 2.75) is 17.7 Å². The number of hydrogen-bond donors (Lipinski definition) is 1. The average Bonchev–Trinajstić information content (AvgIpc) is 2.64. The summed E-state index contributed by atoms with van der Waals surface area (Å²) in [6.45, 7) is -0.487. The van der Waals surface area contributed by atoms with E-state index in [0.717, 1.165) is 17.6 Å². The molecule has 0 unspecified atom stereocenters. The van der Waals surface area contributed by atoms with Crippen LogP contribution in [0.4, 0.5) is 5.69 Å². The summed E-state index contributed by atoms with van der Waals surface area (Å²) in [5.74, 6) is -0.395. The van der Waals surface area contributed by atoms with E-state index in [1.54, 1.807) is 31.4 Å². The van der Waals surface area contributed by atoms with Gasteiger partial charge in [0.05, 0.1) is 17.7 Å². The molecule has 0 bridgehead atoms. The number of esters is 1. The summed E-state index contributed by atoms with van der Waals surface area (Å²) in [5.41, 5.74) is 1.10. The number of rotatable bonds is 8. The standard InChI is InChI=1S/C19H21NO6S/c1-25-15-10-7-14(8-11-15)9-12-19(22)26-13-18(21)20-16-5-3-4-6-17(16)27(2,23)24/h3-8,10-11H,9,12-13H2,1-2H3,(H,20,21). The molecule has 8 heteroatoms. The molecule has 7 nitrogen and oxygen atoms in total. The Hall–Kier alpha value is -2.87. The quantitative estimate of drug-likeness (QED) is 0.693. The summed E-state index contributed by atoms with van der Waals surface area (Å²) in [6, 6.07) is 13.3. The number of sulfone groups is 1. The molecule has 0 heterocycles. The molecule has 0 aliphatic carbocycles. The van der Waals surface area contributed by atoms with Crippen molar-refractivity contribution in [1.29, 1.82) is 0 Å². The predicted molar refractivity (Wildman–Crippen MR) is 100 cm³/mol. The number of nitrogens with one attached hydrogen (secondary N) is 1. The molecule has 2 rings (SSSR count). The second-order valence-electron chi connectivity index (χ2n) is 5.83. The van der Waals surface area contributed by atoms with Gasteiger partial charge in [-0.3, -0.25) is 9.59 Å². The van der Waals surface area contributed by atoms with E-state index >= 15 is 0 Å². The molecule has 2 aromatic carbocycles. The van der Waals surface area contributed by atoms with Crippen molar-refractivity contribution in [2.75, 3.05) is 25.3 Å². The molecule has 0 saturated carbocycles. The number of carbonyl (C=O) groups excluding carboxylic acids is 2. The fourth-order valence-corrected chi connectivity index (χ4v) is 3.18. The first-order valence-electron chi connectivity index (χ1n) is 8.17.